The van der Waals surface area contributed by atoms with Crippen LogP contribution in [0.4, 0.5) is 0 Å². The molecule has 1 aromatic carbocycles. The van der Waals surface area contributed by atoms with Crippen LogP contribution in [0.5, 0.6) is 0 Å². The van der Waals surface area contributed by atoms with Gasteiger partial charge in [-0.3, -0.25) is 4.57 Å². The second-order valence-corrected chi connectivity index (χ2v) is 5.26. The zero-order valence-electron chi connectivity index (χ0n) is 8.64. The van der Waals surface area contributed by atoms with Crippen LogP contribution in [-0.2, 0) is 13.6 Å². The van der Waals surface area contributed by atoms with Crippen LogP contribution in [0.15, 0.2) is 30.3 Å². The highest BCUT2D eigenvalue weighted by Crippen LogP contribution is 2.46. The van der Waals surface area contributed by atoms with Crippen LogP contribution in [0.1, 0.15) is 13.8 Å². The minimum atomic E-state index is -3.11. The summed E-state index contributed by atoms with van der Waals surface area (Å²) in [5, 5.41) is 0.594. The fourth-order valence-corrected chi connectivity index (χ4v) is 2.61. The molecule has 0 saturated carbocycles. The monoisotopic (exact) mass is 214 g/mol. The van der Waals surface area contributed by atoms with Gasteiger partial charge in [0.1, 0.15) is 0 Å². The second-order valence-electron chi connectivity index (χ2n) is 3.17. The first-order valence-corrected chi connectivity index (χ1v) is 6.02. The van der Waals surface area contributed by atoms with Crippen molar-refractivity contribution >= 4 is 12.9 Å². The average molecular weight is 214 g/mol. The molecule has 1 aromatic rings. The highest BCUT2D eigenvalue weighted by Gasteiger charge is 2.26. The lowest BCUT2D eigenvalue weighted by atomic mass is 10.4. The van der Waals surface area contributed by atoms with Gasteiger partial charge >= 0.3 is 7.60 Å². The summed E-state index contributed by atoms with van der Waals surface area (Å²) in [5.74, 6) is 0. The fourth-order valence-electron chi connectivity index (χ4n) is 1.10. The van der Waals surface area contributed by atoms with E-state index in [1.54, 1.807) is 12.1 Å². The molecule has 0 N–H and O–H groups in total. The van der Waals surface area contributed by atoms with E-state index < -0.39 is 7.60 Å². The molecule has 1 unspecified atom stereocenters. The number of hydrogen-bond acceptors (Lipinski definition) is 3. The zero-order chi connectivity index (χ0) is 10.6. The average Bonchev–Trinajstić information content (AvgIpc) is 2.18. The summed E-state index contributed by atoms with van der Waals surface area (Å²) in [4.78, 5) is 0. The molecule has 0 aliphatic heterocycles. The Morgan fingerprint density at radius 3 is 2.21 bits per heavy atom. The van der Waals surface area contributed by atoms with E-state index in [1.807, 2.05) is 32.0 Å². The van der Waals surface area contributed by atoms with Crippen molar-refractivity contribution in [2.75, 3.05) is 7.11 Å². The molecule has 0 amide bonds. The van der Waals surface area contributed by atoms with Crippen molar-refractivity contribution < 1.29 is 13.6 Å². The summed E-state index contributed by atoms with van der Waals surface area (Å²) in [5.41, 5.74) is 0. The summed E-state index contributed by atoms with van der Waals surface area (Å²) < 4.78 is 22.4. The van der Waals surface area contributed by atoms with E-state index in [4.69, 9.17) is 9.05 Å². The highest BCUT2D eigenvalue weighted by molar-refractivity contribution is 7.62. The Morgan fingerprint density at radius 1 is 1.21 bits per heavy atom. The predicted octanol–water partition coefficient (Wildman–Crippen LogP) is 2.58. The van der Waals surface area contributed by atoms with Crippen LogP contribution in [0, 0.1) is 0 Å². The lowest BCUT2D eigenvalue weighted by Crippen LogP contribution is -2.12. The standard InChI is InChI=1S/C10H15O3P/c1-9(2)13-14(11,12-3)10-7-5-4-6-8-10/h4-9H,1-3H3. The summed E-state index contributed by atoms with van der Waals surface area (Å²) in [6.45, 7) is 3.66. The van der Waals surface area contributed by atoms with Gasteiger partial charge in [-0.1, -0.05) is 18.2 Å². The van der Waals surface area contributed by atoms with E-state index in [0.29, 0.717) is 5.30 Å². The third-order valence-corrected chi connectivity index (χ3v) is 3.77. The number of benzene rings is 1. The van der Waals surface area contributed by atoms with Crippen molar-refractivity contribution in [1.29, 1.82) is 0 Å². The topological polar surface area (TPSA) is 35.5 Å². The van der Waals surface area contributed by atoms with Gasteiger partial charge in [0.25, 0.3) is 0 Å². The predicted molar refractivity (Wildman–Crippen MR) is 56.9 cm³/mol. The van der Waals surface area contributed by atoms with E-state index in [-0.39, 0.29) is 6.10 Å². The van der Waals surface area contributed by atoms with Gasteiger partial charge in [-0.25, -0.2) is 0 Å². The van der Waals surface area contributed by atoms with Gasteiger partial charge in [0, 0.05) is 7.11 Å². The molecule has 0 bridgehead atoms. The van der Waals surface area contributed by atoms with E-state index in [1.165, 1.54) is 7.11 Å². The van der Waals surface area contributed by atoms with Crippen molar-refractivity contribution in [2.24, 2.45) is 0 Å². The quantitative estimate of drug-likeness (QED) is 0.722. The Bertz CT molecular complexity index is 321. The van der Waals surface area contributed by atoms with Gasteiger partial charge in [-0.2, -0.15) is 0 Å². The third-order valence-electron chi connectivity index (χ3n) is 1.66. The lowest BCUT2D eigenvalue weighted by Gasteiger charge is -2.18. The first kappa shape index (κ1) is 11.4. The Morgan fingerprint density at radius 2 is 1.79 bits per heavy atom. The minimum absolute atomic E-state index is 0.124. The van der Waals surface area contributed by atoms with Crippen molar-refractivity contribution in [3.05, 3.63) is 30.3 Å². The van der Waals surface area contributed by atoms with Crippen LogP contribution < -0.4 is 5.30 Å². The Labute approximate surface area is 84.6 Å². The molecule has 1 rings (SSSR count). The first-order chi connectivity index (χ1) is 6.58. The third kappa shape index (κ3) is 2.68. The van der Waals surface area contributed by atoms with E-state index >= 15 is 0 Å². The summed E-state index contributed by atoms with van der Waals surface area (Å²) in [6.07, 6.45) is -0.124. The lowest BCUT2D eigenvalue weighted by molar-refractivity contribution is 0.195. The molecule has 0 heterocycles. The van der Waals surface area contributed by atoms with E-state index in [0.717, 1.165) is 0 Å². The molecule has 14 heavy (non-hydrogen) atoms. The molecule has 0 saturated heterocycles. The molecule has 4 heteroatoms. The molecule has 0 aliphatic rings. The van der Waals surface area contributed by atoms with Crippen molar-refractivity contribution in [3.8, 4) is 0 Å². The van der Waals surface area contributed by atoms with Gasteiger partial charge < -0.3 is 9.05 Å². The Kier molecular flexibility index (Phi) is 3.87. The Hall–Kier alpha value is -0.630. The van der Waals surface area contributed by atoms with Gasteiger partial charge in [-0.15, -0.1) is 0 Å². The number of hydrogen-bond donors (Lipinski definition) is 0. The second kappa shape index (κ2) is 4.74. The van der Waals surface area contributed by atoms with Crippen molar-refractivity contribution in [3.63, 3.8) is 0 Å². The maximum absolute atomic E-state index is 12.1. The van der Waals surface area contributed by atoms with Crippen LogP contribution in [0.25, 0.3) is 0 Å². The van der Waals surface area contributed by atoms with Gasteiger partial charge in [0.05, 0.1) is 11.4 Å². The molecular weight excluding hydrogens is 199 g/mol. The normalized spacial score (nSPS) is 15.4. The fraction of sp³-hybridized carbons (Fsp3) is 0.400. The Balaban J connectivity index is 2.97. The van der Waals surface area contributed by atoms with Crippen LogP contribution >= 0.6 is 7.60 Å². The van der Waals surface area contributed by atoms with Gasteiger partial charge in [0.15, 0.2) is 0 Å². The molecule has 78 valence electrons. The molecule has 0 spiro atoms. The molecule has 0 radical (unpaired) electrons. The molecule has 0 aliphatic carbocycles. The summed E-state index contributed by atoms with van der Waals surface area (Å²) >= 11 is 0. The first-order valence-electron chi connectivity index (χ1n) is 4.48. The number of rotatable bonds is 4. The minimum Gasteiger partial charge on any atom is -0.309 e. The smallest absolute Gasteiger partial charge is 0.309 e. The van der Waals surface area contributed by atoms with E-state index in [2.05, 4.69) is 0 Å². The largest absolute Gasteiger partial charge is 0.361 e. The maximum Gasteiger partial charge on any atom is 0.361 e. The summed E-state index contributed by atoms with van der Waals surface area (Å²) in [7, 11) is -1.71. The molecule has 3 nitrogen and oxygen atoms in total. The van der Waals surface area contributed by atoms with Crippen LogP contribution in [0.3, 0.4) is 0 Å². The van der Waals surface area contributed by atoms with Gasteiger partial charge in [0.2, 0.25) is 0 Å². The summed E-state index contributed by atoms with van der Waals surface area (Å²) in [6, 6.07) is 8.97. The van der Waals surface area contributed by atoms with Crippen molar-refractivity contribution in [1.82, 2.24) is 0 Å². The van der Waals surface area contributed by atoms with Crippen LogP contribution in [-0.4, -0.2) is 13.2 Å². The van der Waals surface area contributed by atoms with E-state index in [9.17, 15) is 4.57 Å². The van der Waals surface area contributed by atoms with Gasteiger partial charge in [-0.05, 0) is 26.0 Å². The SMILES string of the molecule is COP(=O)(OC(C)C)c1ccccc1. The molecular formula is C10H15O3P. The maximum atomic E-state index is 12.1. The highest BCUT2D eigenvalue weighted by atomic mass is 31.2. The van der Waals surface area contributed by atoms with Crippen molar-refractivity contribution in [2.45, 2.75) is 20.0 Å². The zero-order valence-corrected chi connectivity index (χ0v) is 9.53. The molecule has 0 fully saturated rings. The molecule has 0 aromatic heterocycles. The van der Waals surface area contributed by atoms with Crippen LogP contribution in [0.2, 0.25) is 0 Å². The molecule has 1 atom stereocenters.